The van der Waals surface area contributed by atoms with Crippen molar-refractivity contribution in [2.75, 3.05) is 6.61 Å². The van der Waals surface area contributed by atoms with Crippen LogP contribution in [0.5, 0.6) is 0 Å². The van der Waals surface area contributed by atoms with E-state index in [1.807, 2.05) is 0 Å². The van der Waals surface area contributed by atoms with Gasteiger partial charge >= 0.3 is 0 Å². The number of hydrogen-bond acceptors (Lipinski definition) is 2. The van der Waals surface area contributed by atoms with Gasteiger partial charge in [-0.15, -0.1) is 0 Å². The average Bonchev–Trinajstić information content (AvgIpc) is 2.53. The molecule has 2 rings (SSSR count). The van der Waals surface area contributed by atoms with Crippen LogP contribution in [0.25, 0.3) is 0 Å². The maximum atomic E-state index is 12.6. The first-order chi connectivity index (χ1) is 6.27. The van der Waals surface area contributed by atoms with Gasteiger partial charge in [0.15, 0.2) is 0 Å². The van der Waals surface area contributed by atoms with Gasteiger partial charge in [0.1, 0.15) is 5.82 Å². The quantitative estimate of drug-likeness (QED) is 0.714. The Hall–Kier alpha value is -0.930. The molecule has 1 fully saturated rings. The van der Waals surface area contributed by atoms with Crippen molar-refractivity contribution in [3.8, 4) is 0 Å². The highest BCUT2D eigenvalue weighted by Gasteiger charge is 2.25. The van der Waals surface area contributed by atoms with Crippen LogP contribution in [0.1, 0.15) is 18.1 Å². The van der Waals surface area contributed by atoms with Crippen LogP contribution in [0.3, 0.4) is 0 Å². The Kier molecular flexibility index (Phi) is 2.29. The van der Waals surface area contributed by atoms with Gasteiger partial charge in [-0.05, 0) is 24.1 Å². The monoisotopic (exact) mass is 181 g/mol. The van der Waals surface area contributed by atoms with Crippen LogP contribution in [-0.4, -0.2) is 12.6 Å². The minimum Gasteiger partial charge on any atom is -0.372 e. The molecule has 0 bridgehead atoms. The Morgan fingerprint density at radius 1 is 1.31 bits per heavy atom. The van der Waals surface area contributed by atoms with Crippen molar-refractivity contribution in [2.24, 2.45) is 5.73 Å². The summed E-state index contributed by atoms with van der Waals surface area (Å²) in [6.45, 7) is 0.698. The predicted octanol–water partition coefficient (Wildman–Crippen LogP) is 1.61. The minimum atomic E-state index is -0.227. The van der Waals surface area contributed by atoms with Crippen LogP contribution >= 0.6 is 0 Å². The Labute approximate surface area is 76.5 Å². The fourth-order valence-corrected chi connectivity index (χ4v) is 1.60. The topological polar surface area (TPSA) is 35.2 Å². The highest BCUT2D eigenvalue weighted by molar-refractivity contribution is 5.20. The first-order valence-corrected chi connectivity index (χ1v) is 4.40. The zero-order chi connectivity index (χ0) is 9.26. The Balaban J connectivity index is 2.20. The van der Waals surface area contributed by atoms with Crippen LogP contribution in [0, 0.1) is 5.82 Å². The number of benzene rings is 1. The van der Waals surface area contributed by atoms with Crippen molar-refractivity contribution in [1.82, 2.24) is 0 Å². The van der Waals surface area contributed by atoms with Gasteiger partial charge in [-0.2, -0.15) is 0 Å². The third kappa shape index (κ3) is 1.71. The van der Waals surface area contributed by atoms with Crippen molar-refractivity contribution in [1.29, 1.82) is 0 Å². The molecule has 13 heavy (non-hydrogen) atoms. The lowest BCUT2D eigenvalue weighted by Gasteiger charge is -2.14. The van der Waals surface area contributed by atoms with Crippen molar-refractivity contribution >= 4 is 0 Å². The van der Waals surface area contributed by atoms with Gasteiger partial charge in [0.25, 0.3) is 0 Å². The molecule has 1 aromatic rings. The molecule has 1 aliphatic rings. The lowest BCUT2D eigenvalue weighted by molar-refractivity contribution is 0.105. The Morgan fingerprint density at radius 3 is 2.54 bits per heavy atom. The Morgan fingerprint density at radius 2 is 2.00 bits per heavy atom. The molecule has 70 valence electrons. The second kappa shape index (κ2) is 3.44. The van der Waals surface area contributed by atoms with Gasteiger partial charge < -0.3 is 10.5 Å². The fraction of sp³-hybridized carbons (Fsp3) is 0.400. The van der Waals surface area contributed by atoms with Gasteiger partial charge in [0.05, 0.1) is 6.10 Å². The molecule has 2 nitrogen and oxygen atoms in total. The van der Waals surface area contributed by atoms with Crippen molar-refractivity contribution < 1.29 is 9.13 Å². The van der Waals surface area contributed by atoms with Gasteiger partial charge in [-0.25, -0.2) is 4.39 Å². The molecule has 2 N–H and O–H groups in total. The molecule has 3 heteroatoms. The van der Waals surface area contributed by atoms with E-state index in [0.717, 1.165) is 12.0 Å². The lowest BCUT2D eigenvalue weighted by Crippen LogP contribution is -2.23. The van der Waals surface area contributed by atoms with E-state index in [9.17, 15) is 4.39 Å². The minimum absolute atomic E-state index is 0.0467. The molecule has 0 radical (unpaired) electrons. The molecule has 1 aliphatic heterocycles. The summed E-state index contributed by atoms with van der Waals surface area (Å²) >= 11 is 0. The van der Waals surface area contributed by atoms with Crippen molar-refractivity contribution in [2.45, 2.75) is 18.6 Å². The molecule has 1 heterocycles. The van der Waals surface area contributed by atoms with E-state index in [-0.39, 0.29) is 18.0 Å². The molecule has 1 aromatic carbocycles. The molecule has 0 aromatic heterocycles. The maximum Gasteiger partial charge on any atom is 0.123 e. The first kappa shape index (κ1) is 8.66. The highest BCUT2D eigenvalue weighted by atomic mass is 19.1. The largest absolute Gasteiger partial charge is 0.372 e. The van der Waals surface area contributed by atoms with E-state index in [4.69, 9.17) is 10.5 Å². The molecular formula is C10H12FNO. The zero-order valence-electron chi connectivity index (χ0n) is 7.24. The van der Waals surface area contributed by atoms with Crippen LogP contribution in [0.2, 0.25) is 0 Å². The number of ether oxygens (including phenoxy) is 1. The summed E-state index contributed by atoms with van der Waals surface area (Å²) < 4.78 is 18.0. The fourth-order valence-electron chi connectivity index (χ4n) is 1.60. The molecule has 0 aliphatic carbocycles. The highest BCUT2D eigenvalue weighted by Crippen LogP contribution is 2.27. The molecule has 2 unspecified atom stereocenters. The maximum absolute atomic E-state index is 12.6. The van der Waals surface area contributed by atoms with E-state index in [0.29, 0.717) is 6.61 Å². The predicted molar refractivity (Wildman–Crippen MR) is 47.7 cm³/mol. The summed E-state index contributed by atoms with van der Waals surface area (Å²) in [7, 11) is 0. The number of hydrogen-bond donors (Lipinski definition) is 1. The standard InChI is InChI=1S/C10H12FNO/c11-8-3-1-7(2-4-8)10-9(12)5-6-13-10/h1-4,9-10H,5-6,12H2. The van der Waals surface area contributed by atoms with Crippen molar-refractivity contribution in [3.63, 3.8) is 0 Å². The van der Waals surface area contributed by atoms with Crippen LogP contribution < -0.4 is 5.73 Å². The molecular weight excluding hydrogens is 169 g/mol. The van der Waals surface area contributed by atoms with Crippen LogP contribution in [-0.2, 0) is 4.74 Å². The van der Waals surface area contributed by atoms with Gasteiger partial charge in [0, 0.05) is 12.6 Å². The van der Waals surface area contributed by atoms with E-state index < -0.39 is 0 Å². The first-order valence-electron chi connectivity index (χ1n) is 4.40. The zero-order valence-corrected chi connectivity index (χ0v) is 7.24. The molecule has 0 amide bonds. The summed E-state index contributed by atoms with van der Waals surface area (Å²) in [4.78, 5) is 0. The van der Waals surface area contributed by atoms with E-state index >= 15 is 0 Å². The second-order valence-corrected chi connectivity index (χ2v) is 3.30. The number of nitrogens with two attached hydrogens (primary N) is 1. The summed E-state index contributed by atoms with van der Waals surface area (Å²) in [6.07, 6.45) is 0.822. The molecule has 2 atom stereocenters. The second-order valence-electron chi connectivity index (χ2n) is 3.30. The molecule has 1 saturated heterocycles. The van der Waals surface area contributed by atoms with Gasteiger partial charge in [-0.3, -0.25) is 0 Å². The van der Waals surface area contributed by atoms with Crippen LogP contribution in [0.4, 0.5) is 4.39 Å². The van der Waals surface area contributed by atoms with Gasteiger partial charge in [0.2, 0.25) is 0 Å². The van der Waals surface area contributed by atoms with E-state index in [2.05, 4.69) is 0 Å². The Bertz CT molecular complexity index is 285. The average molecular weight is 181 g/mol. The summed E-state index contributed by atoms with van der Waals surface area (Å²) in [5.74, 6) is -0.227. The summed E-state index contributed by atoms with van der Waals surface area (Å²) in [6, 6.07) is 6.37. The van der Waals surface area contributed by atoms with Crippen LogP contribution in [0.15, 0.2) is 24.3 Å². The molecule has 0 spiro atoms. The third-order valence-corrected chi connectivity index (χ3v) is 2.34. The normalized spacial score (nSPS) is 27.8. The number of rotatable bonds is 1. The van der Waals surface area contributed by atoms with E-state index in [1.54, 1.807) is 12.1 Å². The third-order valence-electron chi connectivity index (χ3n) is 2.34. The summed E-state index contributed by atoms with van der Waals surface area (Å²) in [5.41, 5.74) is 6.79. The van der Waals surface area contributed by atoms with Crippen molar-refractivity contribution in [3.05, 3.63) is 35.6 Å². The number of halogens is 1. The lowest BCUT2D eigenvalue weighted by atomic mass is 10.0. The van der Waals surface area contributed by atoms with E-state index in [1.165, 1.54) is 12.1 Å². The SMILES string of the molecule is NC1CCOC1c1ccc(F)cc1. The smallest absolute Gasteiger partial charge is 0.123 e. The van der Waals surface area contributed by atoms with Gasteiger partial charge in [-0.1, -0.05) is 12.1 Å². The summed E-state index contributed by atoms with van der Waals surface area (Å²) in [5, 5.41) is 0. The molecule has 0 saturated carbocycles.